The summed E-state index contributed by atoms with van der Waals surface area (Å²) in [6.45, 7) is 6.09. The highest BCUT2D eigenvalue weighted by atomic mass is 16.5. The highest BCUT2D eigenvalue weighted by Crippen LogP contribution is 2.28. The largest absolute Gasteiger partial charge is 0.490 e. The molecule has 6 heteroatoms. The predicted octanol–water partition coefficient (Wildman–Crippen LogP) is 3.26. The van der Waals surface area contributed by atoms with Crippen LogP contribution < -0.4 is 14.8 Å². The van der Waals surface area contributed by atoms with Crippen LogP contribution in [0.25, 0.3) is 0 Å². The zero-order chi connectivity index (χ0) is 18.8. The van der Waals surface area contributed by atoms with Crippen molar-refractivity contribution in [3.8, 4) is 11.5 Å². The molecule has 0 fully saturated rings. The number of urea groups is 1. The first kappa shape index (κ1) is 19.6. The Morgan fingerprint density at radius 3 is 2.58 bits per heavy atom. The van der Waals surface area contributed by atoms with E-state index in [4.69, 9.17) is 9.47 Å². The number of aromatic nitrogens is 1. The Balaban J connectivity index is 1.84. The molecule has 0 saturated carbocycles. The maximum atomic E-state index is 12.2. The van der Waals surface area contributed by atoms with Gasteiger partial charge < -0.3 is 19.7 Å². The molecule has 2 rings (SSSR count). The lowest BCUT2D eigenvalue weighted by Gasteiger charge is -2.17. The minimum atomic E-state index is -0.119. The third-order valence-corrected chi connectivity index (χ3v) is 3.77. The molecule has 1 N–H and O–H groups in total. The fourth-order valence-electron chi connectivity index (χ4n) is 2.51. The van der Waals surface area contributed by atoms with Gasteiger partial charge in [0.15, 0.2) is 11.5 Å². The topological polar surface area (TPSA) is 63.7 Å². The van der Waals surface area contributed by atoms with E-state index in [0.29, 0.717) is 26.3 Å². The Morgan fingerprint density at radius 1 is 1.12 bits per heavy atom. The number of nitrogens with one attached hydrogen (secondary N) is 1. The van der Waals surface area contributed by atoms with Gasteiger partial charge in [-0.25, -0.2) is 4.79 Å². The molecule has 0 aliphatic carbocycles. The molecule has 0 aliphatic heterocycles. The van der Waals surface area contributed by atoms with Gasteiger partial charge in [0, 0.05) is 19.8 Å². The van der Waals surface area contributed by atoms with Crippen LogP contribution in [0.15, 0.2) is 42.6 Å². The quantitative estimate of drug-likeness (QED) is 0.748. The summed E-state index contributed by atoms with van der Waals surface area (Å²) in [5.74, 6) is 1.49. The van der Waals surface area contributed by atoms with E-state index in [1.807, 2.05) is 50.2 Å². The number of carbonyl (C=O) groups is 1. The number of amides is 2. The summed E-state index contributed by atoms with van der Waals surface area (Å²) < 4.78 is 11.2. The van der Waals surface area contributed by atoms with E-state index in [-0.39, 0.29) is 6.03 Å². The molecule has 26 heavy (non-hydrogen) atoms. The molecule has 1 heterocycles. The monoisotopic (exact) mass is 357 g/mol. The van der Waals surface area contributed by atoms with Crippen molar-refractivity contribution < 1.29 is 14.3 Å². The van der Waals surface area contributed by atoms with E-state index in [1.54, 1.807) is 18.1 Å². The fourth-order valence-corrected chi connectivity index (χ4v) is 2.51. The van der Waals surface area contributed by atoms with E-state index < -0.39 is 0 Å². The second-order valence-corrected chi connectivity index (χ2v) is 5.81. The Labute approximate surface area is 155 Å². The minimum Gasteiger partial charge on any atom is -0.490 e. The molecule has 1 aromatic heterocycles. The lowest BCUT2D eigenvalue weighted by atomic mass is 10.1. The summed E-state index contributed by atoms with van der Waals surface area (Å²) in [5.41, 5.74) is 1.95. The van der Waals surface area contributed by atoms with Gasteiger partial charge in [-0.1, -0.05) is 12.1 Å². The maximum absolute atomic E-state index is 12.2. The molecule has 0 aliphatic rings. The van der Waals surface area contributed by atoms with Crippen molar-refractivity contribution in [2.24, 2.45) is 0 Å². The minimum absolute atomic E-state index is 0.119. The number of ether oxygens (including phenoxy) is 2. The molecule has 0 spiro atoms. The predicted molar refractivity (Wildman–Crippen MR) is 102 cm³/mol. The van der Waals surface area contributed by atoms with Crippen molar-refractivity contribution in [3.63, 3.8) is 0 Å². The Hall–Kier alpha value is -2.76. The van der Waals surface area contributed by atoms with Crippen LogP contribution in [0.1, 0.15) is 25.1 Å². The van der Waals surface area contributed by atoms with E-state index in [0.717, 1.165) is 29.2 Å². The lowest BCUT2D eigenvalue weighted by Crippen LogP contribution is -2.37. The normalized spacial score (nSPS) is 10.3. The molecule has 0 unspecified atom stereocenters. The van der Waals surface area contributed by atoms with Crippen molar-refractivity contribution in [3.05, 3.63) is 53.9 Å². The number of hydrogen-bond acceptors (Lipinski definition) is 4. The summed E-state index contributed by atoms with van der Waals surface area (Å²) in [6, 6.07) is 11.4. The molecule has 0 saturated heterocycles. The van der Waals surface area contributed by atoms with Crippen molar-refractivity contribution in [2.75, 3.05) is 26.8 Å². The van der Waals surface area contributed by atoms with Gasteiger partial charge in [0.05, 0.1) is 25.5 Å². The number of carbonyl (C=O) groups excluding carboxylic acids is 1. The van der Waals surface area contributed by atoms with Gasteiger partial charge in [-0.05, 0) is 50.1 Å². The van der Waals surface area contributed by atoms with E-state index in [9.17, 15) is 4.79 Å². The van der Waals surface area contributed by atoms with Crippen LogP contribution in [-0.2, 0) is 13.0 Å². The van der Waals surface area contributed by atoms with Crippen molar-refractivity contribution >= 4 is 6.03 Å². The third-order valence-electron chi connectivity index (χ3n) is 3.77. The van der Waals surface area contributed by atoms with Crippen LogP contribution in [0, 0.1) is 0 Å². The van der Waals surface area contributed by atoms with Crippen LogP contribution in [0.5, 0.6) is 11.5 Å². The van der Waals surface area contributed by atoms with Crippen molar-refractivity contribution in [1.82, 2.24) is 15.2 Å². The highest BCUT2D eigenvalue weighted by molar-refractivity contribution is 5.73. The first-order valence-corrected chi connectivity index (χ1v) is 8.91. The van der Waals surface area contributed by atoms with Crippen LogP contribution >= 0.6 is 0 Å². The Kier molecular flexibility index (Phi) is 7.74. The molecule has 0 bridgehead atoms. The molecule has 6 nitrogen and oxygen atoms in total. The SMILES string of the molecule is CCOc1ccc(CCNC(=O)N(C)Cc2ccccn2)cc1OCC. The maximum Gasteiger partial charge on any atom is 0.317 e. The highest BCUT2D eigenvalue weighted by Gasteiger charge is 2.10. The van der Waals surface area contributed by atoms with Crippen LogP contribution in [0.4, 0.5) is 4.79 Å². The first-order valence-electron chi connectivity index (χ1n) is 8.91. The molecule has 1 aromatic carbocycles. The molecular formula is C20H27N3O3. The van der Waals surface area contributed by atoms with E-state index >= 15 is 0 Å². The number of benzene rings is 1. The van der Waals surface area contributed by atoms with Gasteiger partial charge >= 0.3 is 6.03 Å². The summed E-state index contributed by atoms with van der Waals surface area (Å²) in [6.07, 6.45) is 2.44. The summed E-state index contributed by atoms with van der Waals surface area (Å²) >= 11 is 0. The standard InChI is InChI=1S/C20H27N3O3/c1-4-25-18-10-9-16(14-19(18)26-5-2)11-13-22-20(24)23(3)15-17-8-6-7-12-21-17/h6-10,12,14H,4-5,11,13,15H2,1-3H3,(H,22,24). The third kappa shape index (κ3) is 5.95. The van der Waals surface area contributed by atoms with Crippen LogP contribution in [-0.4, -0.2) is 42.7 Å². The lowest BCUT2D eigenvalue weighted by molar-refractivity contribution is 0.206. The average Bonchev–Trinajstić information content (AvgIpc) is 2.65. The van der Waals surface area contributed by atoms with Gasteiger partial charge in [-0.2, -0.15) is 0 Å². The smallest absolute Gasteiger partial charge is 0.317 e. The number of pyridine rings is 1. The number of hydrogen-bond donors (Lipinski definition) is 1. The fraction of sp³-hybridized carbons (Fsp3) is 0.400. The number of nitrogens with zero attached hydrogens (tertiary/aromatic N) is 2. The summed E-state index contributed by atoms with van der Waals surface area (Å²) in [7, 11) is 1.76. The molecule has 2 amide bonds. The zero-order valence-electron chi connectivity index (χ0n) is 15.7. The first-order chi connectivity index (χ1) is 12.6. The van der Waals surface area contributed by atoms with Gasteiger partial charge in [-0.15, -0.1) is 0 Å². The zero-order valence-corrected chi connectivity index (χ0v) is 15.7. The van der Waals surface area contributed by atoms with Crippen molar-refractivity contribution in [2.45, 2.75) is 26.8 Å². The van der Waals surface area contributed by atoms with Gasteiger partial charge in [0.1, 0.15) is 0 Å². The second-order valence-electron chi connectivity index (χ2n) is 5.81. The summed E-state index contributed by atoms with van der Waals surface area (Å²) in [4.78, 5) is 18.0. The van der Waals surface area contributed by atoms with E-state index in [2.05, 4.69) is 10.3 Å². The Bertz CT molecular complexity index is 692. The molecule has 0 atom stereocenters. The Morgan fingerprint density at radius 2 is 1.88 bits per heavy atom. The van der Waals surface area contributed by atoms with Crippen LogP contribution in [0.3, 0.4) is 0 Å². The molecule has 2 aromatic rings. The van der Waals surface area contributed by atoms with Gasteiger partial charge in [0.2, 0.25) is 0 Å². The average molecular weight is 357 g/mol. The molecule has 0 radical (unpaired) electrons. The molecule has 140 valence electrons. The second kappa shape index (κ2) is 10.3. The van der Waals surface area contributed by atoms with Crippen molar-refractivity contribution in [1.29, 1.82) is 0 Å². The van der Waals surface area contributed by atoms with Gasteiger partial charge in [-0.3, -0.25) is 4.98 Å². The number of rotatable bonds is 9. The van der Waals surface area contributed by atoms with Gasteiger partial charge in [0.25, 0.3) is 0 Å². The van der Waals surface area contributed by atoms with Crippen LogP contribution in [0.2, 0.25) is 0 Å². The summed E-state index contributed by atoms with van der Waals surface area (Å²) in [5, 5.41) is 2.93. The molecular weight excluding hydrogens is 330 g/mol. The van der Waals surface area contributed by atoms with E-state index in [1.165, 1.54) is 0 Å².